The van der Waals surface area contributed by atoms with E-state index in [1.165, 1.54) is 12.1 Å². The minimum absolute atomic E-state index is 0.0564. The Morgan fingerprint density at radius 3 is 2.51 bits per heavy atom. The molecular formula is C27H30ClNO6. The van der Waals surface area contributed by atoms with Gasteiger partial charge in [0, 0.05) is 17.5 Å². The summed E-state index contributed by atoms with van der Waals surface area (Å²) >= 11 is 6.42. The molecule has 0 radical (unpaired) electrons. The third-order valence-electron chi connectivity index (χ3n) is 5.53. The monoisotopic (exact) mass is 499 g/mol. The van der Waals surface area contributed by atoms with Crippen molar-refractivity contribution in [2.24, 2.45) is 0 Å². The zero-order valence-corrected chi connectivity index (χ0v) is 20.7. The van der Waals surface area contributed by atoms with E-state index in [1.807, 2.05) is 37.3 Å². The summed E-state index contributed by atoms with van der Waals surface area (Å²) in [5.41, 5.74) is 1.47. The highest BCUT2D eigenvalue weighted by atomic mass is 35.5. The fourth-order valence-corrected chi connectivity index (χ4v) is 3.83. The number of ether oxygens (including phenoxy) is 2. The van der Waals surface area contributed by atoms with Gasteiger partial charge in [0.05, 0.1) is 5.02 Å². The summed E-state index contributed by atoms with van der Waals surface area (Å²) in [6.45, 7) is 4.13. The summed E-state index contributed by atoms with van der Waals surface area (Å²) < 4.78 is 16.1. The smallest absolute Gasteiger partial charge is 0.408 e. The van der Waals surface area contributed by atoms with E-state index in [-0.39, 0.29) is 23.0 Å². The van der Waals surface area contributed by atoms with E-state index in [4.69, 9.17) is 25.5 Å². The average Bonchev–Trinajstić information content (AvgIpc) is 2.85. The van der Waals surface area contributed by atoms with E-state index in [2.05, 4.69) is 12.2 Å². The molecule has 186 valence electrons. The minimum atomic E-state index is -0.923. The summed E-state index contributed by atoms with van der Waals surface area (Å²) in [7, 11) is 0. The minimum Gasteiger partial charge on any atom is -0.445 e. The quantitative estimate of drug-likeness (QED) is 0.192. The molecule has 1 heterocycles. The normalized spacial score (nSPS) is 11.7. The van der Waals surface area contributed by atoms with Crippen LogP contribution in [0.1, 0.15) is 57.1 Å². The lowest BCUT2D eigenvalue weighted by atomic mass is 10.0. The Balaban J connectivity index is 1.74. The number of carbonyl (C=O) groups is 2. The molecule has 35 heavy (non-hydrogen) atoms. The molecule has 0 fully saturated rings. The fraction of sp³-hybridized carbons (Fsp3) is 0.370. The van der Waals surface area contributed by atoms with Gasteiger partial charge in [-0.25, -0.2) is 14.4 Å². The molecule has 1 N–H and O–H groups in total. The number of halogens is 1. The van der Waals surface area contributed by atoms with Gasteiger partial charge in [-0.2, -0.15) is 0 Å². The predicted octanol–water partition coefficient (Wildman–Crippen LogP) is 6.18. The van der Waals surface area contributed by atoms with E-state index >= 15 is 0 Å². The van der Waals surface area contributed by atoms with Crippen LogP contribution in [0.4, 0.5) is 4.79 Å². The maximum atomic E-state index is 12.9. The maximum Gasteiger partial charge on any atom is 0.408 e. The highest BCUT2D eigenvalue weighted by molar-refractivity contribution is 6.33. The van der Waals surface area contributed by atoms with Gasteiger partial charge in [0.2, 0.25) is 0 Å². The molecule has 1 atom stereocenters. The van der Waals surface area contributed by atoms with Crippen molar-refractivity contribution in [1.82, 2.24) is 5.32 Å². The van der Waals surface area contributed by atoms with Crippen molar-refractivity contribution >= 4 is 34.6 Å². The van der Waals surface area contributed by atoms with Crippen LogP contribution in [0.2, 0.25) is 5.02 Å². The first-order valence-electron chi connectivity index (χ1n) is 11.9. The molecule has 0 aliphatic carbocycles. The first-order valence-corrected chi connectivity index (χ1v) is 12.2. The number of unbranched alkanes of at least 4 members (excludes halogenated alkanes) is 2. The summed E-state index contributed by atoms with van der Waals surface area (Å²) in [5, 5.41) is 3.50. The number of hydrogen-bond donors (Lipinski definition) is 1. The third-order valence-corrected chi connectivity index (χ3v) is 5.82. The Morgan fingerprint density at radius 2 is 1.80 bits per heavy atom. The molecule has 0 saturated carbocycles. The number of hydrogen-bond acceptors (Lipinski definition) is 6. The molecule has 0 bridgehead atoms. The van der Waals surface area contributed by atoms with Gasteiger partial charge in [0.1, 0.15) is 18.2 Å². The summed E-state index contributed by atoms with van der Waals surface area (Å²) in [5.74, 6) is -0.623. The molecule has 0 saturated heterocycles. The summed E-state index contributed by atoms with van der Waals surface area (Å²) in [6, 6.07) is 12.9. The van der Waals surface area contributed by atoms with Gasteiger partial charge in [-0.3, -0.25) is 0 Å². The van der Waals surface area contributed by atoms with Crippen LogP contribution >= 0.6 is 11.6 Å². The second-order valence-electron chi connectivity index (χ2n) is 8.29. The van der Waals surface area contributed by atoms with E-state index < -0.39 is 23.7 Å². The number of amides is 1. The van der Waals surface area contributed by atoms with Gasteiger partial charge in [0.25, 0.3) is 0 Å². The second kappa shape index (κ2) is 13.0. The zero-order valence-electron chi connectivity index (χ0n) is 20.0. The molecule has 3 aromatic rings. The molecule has 2 aromatic carbocycles. The number of benzene rings is 2. The standard InChI is InChI=1S/C27H30ClNO6/c1-3-5-12-19-14-25(30)34-23-16-24(21(28)15-20(19)23)35-26(31)22(13-6-4-2)29-27(32)33-17-18-10-8-7-9-11-18/h7-11,14-16,22H,3-6,12-13,17H2,1-2H3,(H,29,32). The molecule has 1 amide bonds. The number of carbonyl (C=O) groups excluding carboxylic acids is 2. The molecular weight excluding hydrogens is 470 g/mol. The molecule has 7 nitrogen and oxygen atoms in total. The number of fused-ring (bicyclic) bond motifs is 1. The van der Waals surface area contributed by atoms with Gasteiger partial charge in [-0.05, 0) is 36.5 Å². The Hall–Kier alpha value is -3.32. The van der Waals surface area contributed by atoms with E-state index in [9.17, 15) is 14.4 Å². The molecule has 1 aromatic heterocycles. The summed E-state index contributed by atoms with van der Waals surface area (Å²) in [4.78, 5) is 37.3. The lowest BCUT2D eigenvalue weighted by Crippen LogP contribution is -2.43. The van der Waals surface area contributed by atoms with Crippen molar-refractivity contribution in [3.8, 4) is 5.75 Å². The van der Waals surface area contributed by atoms with Gasteiger partial charge in [-0.15, -0.1) is 0 Å². The SMILES string of the molecule is CCCCc1cc(=O)oc2cc(OC(=O)C(CCCC)NC(=O)OCc3ccccc3)c(Cl)cc12. The van der Waals surface area contributed by atoms with Crippen molar-refractivity contribution in [2.75, 3.05) is 0 Å². The van der Waals surface area contributed by atoms with Gasteiger partial charge < -0.3 is 19.2 Å². The van der Waals surface area contributed by atoms with Crippen LogP contribution in [0.15, 0.2) is 57.7 Å². The zero-order chi connectivity index (χ0) is 25.2. The summed E-state index contributed by atoms with van der Waals surface area (Å²) in [6.07, 6.45) is 3.78. The highest BCUT2D eigenvalue weighted by Crippen LogP contribution is 2.32. The van der Waals surface area contributed by atoms with Gasteiger partial charge in [-0.1, -0.05) is 75.0 Å². The Labute approximate surface area is 209 Å². The number of esters is 1. The van der Waals surface area contributed by atoms with Crippen molar-refractivity contribution in [2.45, 2.75) is 65.0 Å². The Morgan fingerprint density at radius 1 is 1.06 bits per heavy atom. The van der Waals surface area contributed by atoms with Gasteiger partial charge >= 0.3 is 17.7 Å². The fourth-order valence-electron chi connectivity index (χ4n) is 3.62. The van der Waals surface area contributed by atoms with Crippen molar-refractivity contribution in [3.63, 3.8) is 0 Å². The third kappa shape index (κ3) is 7.59. The molecule has 0 spiro atoms. The average molecular weight is 500 g/mol. The van der Waals surface area contributed by atoms with Crippen LogP contribution in [0, 0.1) is 0 Å². The Bertz CT molecular complexity index is 1210. The first-order chi connectivity index (χ1) is 16.9. The first kappa shape index (κ1) is 26.3. The van der Waals surface area contributed by atoms with Crippen LogP contribution in [-0.4, -0.2) is 18.1 Å². The van der Waals surface area contributed by atoms with Crippen LogP contribution in [0.5, 0.6) is 5.75 Å². The number of alkyl carbamates (subject to hydrolysis) is 1. The molecule has 8 heteroatoms. The number of rotatable bonds is 11. The lowest BCUT2D eigenvalue weighted by molar-refractivity contribution is -0.136. The van der Waals surface area contributed by atoms with E-state index in [0.29, 0.717) is 24.6 Å². The van der Waals surface area contributed by atoms with Gasteiger partial charge in [0.15, 0.2) is 5.75 Å². The molecule has 1 unspecified atom stereocenters. The van der Waals surface area contributed by atoms with E-state index in [0.717, 1.165) is 30.4 Å². The van der Waals surface area contributed by atoms with Crippen LogP contribution < -0.4 is 15.7 Å². The maximum absolute atomic E-state index is 12.9. The Kier molecular flexibility index (Phi) is 9.73. The van der Waals surface area contributed by atoms with Crippen LogP contribution in [0.25, 0.3) is 11.0 Å². The predicted molar refractivity (Wildman–Crippen MR) is 135 cm³/mol. The topological polar surface area (TPSA) is 94.8 Å². The molecule has 3 rings (SSSR count). The number of aryl methyl sites for hydroxylation is 1. The lowest BCUT2D eigenvalue weighted by Gasteiger charge is -2.18. The molecule has 0 aliphatic rings. The largest absolute Gasteiger partial charge is 0.445 e. The van der Waals surface area contributed by atoms with Crippen LogP contribution in [-0.2, 0) is 22.6 Å². The van der Waals surface area contributed by atoms with Crippen molar-refractivity contribution < 1.29 is 23.5 Å². The number of nitrogens with one attached hydrogen (secondary N) is 1. The highest BCUT2D eigenvalue weighted by Gasteiger charge is 2.24. The van der Waals surface area contributed by atoms with Crippen molar-refractivity contribution in [1.29, 1.82) is 0 Å². The van der Waals surface area contributed by atoms with E-state index in [1.54, 1.807) is 6.07 Å². The second-order valence-corrected chi connectivity index (χ2v) is 8.70. The molecule has 0 aliphatic heterocycles. The van der Waals surface area contributed by atoms with Crippen LogP contribution in [0.3, 0.4) is 0 Å². The van der Waals surface area contributed by atoms with Crippen molar-refractivity contribution in [3.05, 3.63) is 75.1 Å².